The molecule has 1 aromatic carbocycles. The summed E-state index contributed by atoms with van der Waals surface area (Å²) in [5, 5.41) is 0.549. The summed E-state index contributed by atoms with van der Waals surface area (Å²) >= 11 is 0. The summed E-state index contributed by atoms with van der Waals surface area (Å²) in [6, 6.07) is 6.60. The van der Waals surface area contributed by atoms with Crippen molar-refractivity contribution in [3.05, 3.63) is 29.8 Å². The molecule has 1 rings (SSSR count). The standard InChI is InChI=1S/C12H17O4P/c1-4-16-12(13)10-7-6-8-11(9-10)17(14,5-2)15-3/h6-9H,4-5H2,1-3H3. The number of ether oxygens (including phenoxy) is 1. The lowest BCUT2D eigenvalue weighted by atomic mass is 10.2. The fourth-order valence-corrected chi connectivity index (χ4v) is 2.96. The Hall–Kier alpha value is -1.12. The third kappa shape index (κ3) is 3.18. The highest BCUT2D eigenvalue weighted by Gasteiger charge is 2.22. The van der Waals surface area contributed by atoms with Gasteiger partial charge < -0.3 is 9.26 Å². The van der Waals surface area contributed by atoms with Gasteiger partial charge in [0.25, 0.3) is 0 Å². The van der Waals surface area contributed by atoms with Crippen molar-refractivity contribution >= 4 is 18.6 Å². The lowest BCUT2D eigenvalue weighted by Crippen LogP contribution is -2.12. The highest BCUT2D eigenvalue weighted by molar-refractivity contribution is 7.66. The Morgan fingerprint density at radius 2 is 2.06 bits per heavy atom. The molecule has 94 valence electrons. The van der Waals surface area contributed by atoms with Crippen molar-refractivity contribution in [3.63, 3.8) is 0 Å². The van der Waals surface area contributed by atoms with Gasteiger partial charge in [-0.05, 0) is 25.1 Å². The topological polar surface area (TPSA) is 52.6 Å². The van der Waals surface area contributed by atoms with Crippen LogP contribution in [0.15, 0.2) is 24.3 Å². The SMILES string of the molecule is CCOC(=O)c1cccc(P(=O)(CC)OC)c1. The Bertz CT molecular complexity index is 434. The Kier molecular flexibility index (Phi) is 4.91. The van der Waals surface area contributed by atoms with Gasteiger partial charge in [0.1, 0.15) is 0 Å². The van der Waals surface area contributed by atoms with Gasteiger partial charge in [0, 0.05) is 18.6 Å². The molecule has 0 aliphatic heterocycles. The maximum Gasteiger partial charge on any atom is 0.338 e. The van der Waals surface area contributed by atoms with E-state index in [2.05, 4.69) is 0 Å². The third-order valence-electron chi connectivity index (χ3n) is 2.46. The molecule has 0 fully saturated rings. The Morgan fingerprint density at radius 3 is 2.59 bits per heavy atom. The quantitative estimate of drug-likeness (QED) is 0.599. The summed E-state index contributed by atoms with van der Waals surface area (Å²) in [4.78, 5) is 11.5. The minimum atomic E-state index is -2.83. The molecule has 0 aliphatic carbocycles. The molecule has 0 N–H and O–H groups in total. The van der Waals surface area contributed by atoms with Crippen LogP contribution in [-0.2, 0) is 13.8 Å². The molecule has 0 spiro atoms. The summed E-state index contributed by atoms with van der Waals surface area (Å²) in [5.41, 5.74) is 0.398. The minimum absolute atomic E-state index is 0.318. The van der Waals surface area contributed by atoms with E-state index in [0.29, 0.717) is 23.6 Å². The summed E-state index contributed by atoms with van der Waals surface area (Å²) in [6.07, 6.45) is 0.399. The van der Waals surface area contributed by atoms with Crippen molar-refractivity contribution in [3.8, 4) is 0 Å². The molecular weight excluding hydrogens is 239 g/mol. The first kappa shape index (κ1) is 13.9. The number of benzene rings is 1. The van der Waals surface area contributed by atoms with Crippen molar-refractivity contribution in [1.82, 2.24) is 0 Å². The molecule has 4 nitrogen and oxygen atoms in total. The lowest BCUT2D eigenvalue weighted by molar-refractivity contribution is 0.0526. The average Bonchev–Trinajstić information content (AvgIpc) is 2.38. The molecule has 0 bridgehead atoms. The van der Waals surface area contributed by atoms with E-state index >= 15 is 0 Å². The second kappa shape index (κ2) is 5.99. The van der Waals surface area contributed by atoms with E-state index in [9.17, 15) is 9.36 Å². The first-order valence-electron chi connectivity index (χ1n) is 5.50. The predicted octanol–water partition coefficient (Wildman–Crippen LogP) is 2.43. The van der Waals surface area contributed by atoms with Crippen LogP contribution in [-0.4, -0.2) is 25.8 Å². The van der Waals surface area contributed by atoms with Crippen molar-refractivity contribution < 1.29 is 18.6 Å². The molecular formula is C12H17O4P. The van der Waals surface area contributed by atoms with Gasteiger partial charge in [-0.1, -0.05) is 13.0 Å². The van der Waals surface area contributed by atoms with Crippen LogP contribution < -0.4 is 5.30 Å². The monoisotopic (exact) mass is 256 g/mol. The molecule has 0 saturated carbocycles. The molecule has 1 atom stereocenters. The van der Waals surface area contributed by atoms with E-state index in [1.54, 1.807) is 38.1 Å². The second-order valence-electron chi connectivity index (χ2n) is 3.44. The van der Waals surface area contributed by atoms with Gasteiger partial charge in [0.05, 0.1) is 12.2 Å². The van der Waals surface area contributed by atoms with Crippen LogP contribution in [0.5, 0.6) is 0 Å². The maximum absolute atomic E-state index is 12.3. The zero-order chi connectivity index (χ0) is 12.9. The molecule has 0 aromatic heterocycles. The molecule has 1 unspecified atom stereocenters. The zero-order valence-electron chi connectivity index (χ0n) is 10.3. The van der Waals surface area contributed by atoms with E-state index in [4.69, 9.17) is 9.26 Å². The van der Waals surface area contributed by atoms with Crippen molar-refractivity contribution in [2.45, 2.75) is 13.8 Å². The van der Waals surface area contributed by atoms with Gasteiger partial charge in [-0.15, -0.1) is 0 Å². The molecule has 0 radical (unpaired) electrons. The first-order valence-corrected chi connectivity index (χ1v) is 7.31. The van der Waals surface area contributed by atoms with Crippen LogP contribution in [0.4, 0.5) is 0 Å². The van der Waals surface area contributed by atoms with Crippen molar-refractivity contribution in [1.29, 1.82) is 0 Å². The van der Waals surface area contributed by atoms with Crippen LogP contribution >= 0.6 is 7.37 Å². The van der Waals surface area contributed by atoms with E-state index in [0.717, 1.165) is 0 Å². The summed E-state index contributed by atoms with van der Waals surface area (Å²) in [6.45, 7) is 3.86. The average molecular weight is 256 g/mol. The number of carbonyl (C=O) groups is 1. The highest BCUT2D eigenvalue weighted by Crippen LogP contribution is 2.44. The number of esters is 1. The van der Waals surface area contributed by atoms with E-state index in [-0.39, 0.29) is 0 Å². The number of carbonyl (C=O) groups excluding carboxylic acids is 1. The summed E-state index contributed by atoms with van der Waals surface area (Å²) in [7, 11) is -1.41. The van der Waals surface area contributed by atoms with Crippen LogP contribution in [0, 0.1) is 0 Å². The largest absolute Gasteiger partial charge is 0.462 e. The number of hydrogen-bond acceptors (Lipinski definition) is 4. The number of hydrogen-bond donors (Lipinski definition) is 0. The van der Waals surface area contributed by atoms with Crippen LogP contribution in [0.3, 0.4) is 0 Å². The van der Waals surface area contributed by atoms with Gasteiger partial charge in [0.15, 0.2) is 0 Å². The predicted molar refractivity (Wildman–Crippen MR) is 67.2 cm³/mol. The fourth-order valence-electron chi connectivity index (χ4n) is 1.48. The van der Waals surface area contributed by atoms with Crippen LogP contribution in [0.25, 0.3) is 0 Å². The van der Waals surface area contributed by atoms with Crippen molar-refractivity contribution in [2.24, 2.45) is 0 Å². The molecule has 0 aliphatic rings. The normalized spacial score (nSPS) is 14.1. The number of rotatable bonds is 5. The zero-order valence-corrected chi connectivity index (χ0v) is 11.2. The lowest BCUT2D eigenvalue weighted by Gasteiger charge is -2.14. The van der Waals surface area contributed by atoms with Crippen LogP contribution in [0.1, 0.15) is 24.2 Å². The van der Waals surface area contributed by atoms with Gasteiger partial charge >= 0.3 is 5.97 Å². The molecule has 1 aromatic rings. The highest BCUT2D eigenvalue weighted by atomic mass is 31.2. The molecule has 5 heteroatoms. The Labute approximate surface area is 101 Å². The van der Waals surface area contributed by atoms with Gasteiger partial charge in [-0.3, -0.25) is 4.57 Å². The summed E-state index contributed by atoms with van der Waals surface area (Å²) in [5.74, 6) is -0.409. The molecule has 0 heterocycles. The van der Waals surface area contributed by atoms with Crippen molar-refractivity contribution in [2.75, 3.05) is 19.9 Å². The van der Waals surface area contributed by atoms with E-state index in [1.165, 1.54) is 7.11 Å². The summed E-state index contributed by atoms with van der Waals surface area (Å²) < 4.78 is 22.3. The first-order chi connectivity index (χ1) is 8.07. The minimum Gasteiger partial charge on any atom is -0.462 e. The fraction of sp³-hybridized carbons (Fsp3) is 0.417. The van der Waals surface area contributed by atoms with Gasteiger partial charge in [-0.2, -0.15) is 0 Å². The Balaban J connectivity index is 3.09. The molecule has 0 saturated heterocycles. The maximum atomic E-state index is 12.3. The van der Waals surface area contributed by atoms with E-state index in [1.807, 2.05) is 0 Å². The third-order valence-corrected chi connectivity index (χ3v) is 4.95. The second-order valence-corrected chi connectivity index (χ2v) is 6.30. The molecule has 0 amide bonds. The van der Waals surface area contributed by atoms with Crippen LogP contribution in [0.2, 0.25) is 0 Å². The van der Waals surface area contributed by atoms with Gasteiger partial charge in [-0.25, -0.2) is 4.79 Å². The smallest absolute Gasteiger partial charge is 0.338 e. The van der Waals surface area contributed by atoms with E-state index < -0.39 is 13.3 Å². The van der Waals surface area contributed by atoms with Gasteiger partial charge in [0.2, 0.25) is 7.37 Å². The molecule has 17 heavy (non-hydrogen) atoms. The Morgan fingerprint density at radius 1 is 1.35 bits per heavy atom.